The standard InChI is InChI=1S/2Fe.6NO3.H2O/c;;6*2-1(3)4;/h;;;;;;;;1H2/q2*+3;6*-1;. The fraction of sp³-hybridized carbons (Fsp3) is 0. The van der Waals surface area contributed by atoms with Crippen molar-refractivity contribution in [1.29, 1.82) is 0 Å². The molecule has 25 nitrogen and oxygen atoms in total. The van der Waals surface area contributed by atoms with Crippen molar-refractivity contribution in [2.75, 3.05) is 0 Å². The summed E-state index contributed by atoms with van der Waals surface area (Å²) in [7, 11) is 0. The zero-order valence-corrected chi connectivity index (χ0v) is 13.4. The molecule has 0 heterocycles. The van der Waals surface area contributed by atoms with Crippen LogP contribution in [0.1, 0.15) is 0 Å². The molecule has 0 saturated heterocycles. The van der Waals surface area contributed by atoms with Crippen LogP contribution in [0.15, 0.2) is 0 Å². The maximum atomic E-state index is 8.25. The van der Waals surface area contributed by atoms with E-state index in [-0.39, 0.29) is 39.6 Å². The number of hydrogen-bond donors (Lipinski definition) is 0. The second-order valence-electron chi connectivity index (χ2n) is 1.34. The van der Waals surface area contributed by atoms with E-state index in [0.29, 0.717) is 0 Å². The summed E-state index contributed by atoms with van der Waals surface area (Å²) in [5.74, 6) is 0. The van der Waals surface area contributed by atoms with E-state index in [4.69, 9.17) is 91.9 Å². The Balaban J connectivity index is -0.0000000201. The zero-order valence-electron chi connectivity index (χ0n) is 11.2. The maximum Gasteiger partial charge on any atom is 3.00 e. The van der Waals surface area contributed by atoms with Crippen LogP contribution in [0.2, 0.25) is 0 Å². The van der Waals surface area contributed by atoms with Crippen LogP contribution in [0.25, 0.3) is 0 Å². The van der Waals surface area contributed by atoms with E-state index in [1.807, 2.05) is 0 Å². The topological polar surface area (TPSA) is 429 Å². The summed E-state index contributed by atoms with van der Waals surface area (Å²) < 4.78 is 0. The van der Waals surface area contributed by atoms with Gasteiger partial charge in [-0.2, -0.15) is 0 Å². The van der Waals surface area contributed by atoms with Crippen LogP contribution in [0, 0.1) is 91.9 Å². The van der Waals surface area contributed by atoms with E-state index in [1.54, 1.807) is 0 Å². The minimum atomic E-state index is -1.75. The molecule has 0 aliphatic rings. The third-order valence-electron chi connectivity index (χ3n) is 0. The third-order valence-corrected chi connectivity index (χ3v) is 0. The molecule has 0 fully saturated rings. The van der Waals surface area contributed by atoms with Crippen molar-refractivity contribution in [1.82, 2.24) is 0 Å². The fourth-order valence-electron chi connectivity index (χ4n) is 0. The SMILES string of the molecule is O.O=[N+]([O-])[O-].O=[N+]([O-])[O-].O=[N+]([O-])[O-].O=[N+]([O-])[O-].O=[N+]([O-])[O-].O=[N+]([O-])[O-].[Fe+3].[Fe+3]. The van der Waals surface area contributed by atoms with Gasteiger partial charge in [0.05, 0.1) is 30.5 Å². The number of rotatable bonds is 0. The first kappa shape index (κ1) is 56.7. The first-order chi connectivity index (χ1) is 10.4. The van der Waals surface area contributed by atoms with E-state index in [2.05, 4.69) is 0 Å². The molecule has 0 aromatic heterocycles. The van der Waals surface area contributed by atoms with Gasteiger partial charge in [-0.3, -0.25) is 0 Å². The van der Waals surface area contributed by atoms with Crippen molar-refractivity contribution in [2.24, 2.45) is 0 Å². The van der Waals surface area contributed by atoms with Gasteiger partial charge in [0.2, 0.25) is 0 Å². The molecule has 2 N–H and O–H groups in total. The van der Waals surface area contributed by atoms with Crippen LogP contribution in [0.4, 0.5) is 0 Å². The molecule has 0 amide bonds. The molecule has 0 aliphatic heterocycles. The summed E-state index contributed by atoms with van der Waals surface area (Å²) >= 11 is 0. The van der Waals surface area contributed by atoms with Crippen molar-refractivity contribution in [3.05, 3.63) is 91.9 Å². The predicted octanol–water partition coefficient (Wildman–Crippen LogP) is -2.26. The van der Waals surface area contributed by atoms with Crippen molar-refractivity contribution < 1.29 is 70.1 Å². The van der Waals surface area contributed by atoms with Crippen LogP contribution in [0.5, 0.6) is 0 Å². The summed E-state index contributed by atoms with van der Waals surface area (Å²) in [6.07, 6.45) is 0. The van der Waals surface area contributed by atoms with Gasteiger partial charge in [0.1, 0.15) is 0 Å². The van der Waals surface area contributed by atoms with Crippen molar-refractivity contribution in [2.45, 2.75) is 0 Å². The Morgan fingerprint density at radius 1 is 0.296 bits per heavy atom. The molecule has 0 saturated carbocycles. The molecule has 0 atom stereocenters. The predicted molar refractivity (Wildman–Crippen MR) is 65.8 cm³/mol. The Morgan fingerprint density at radius 3 is 0.296 bits per heavy atom. The van der Waals surface area contributed by atoms with Gasteiger partial charge in [-0.05, 0) is 0 Å². The van der Waals surface area contributed by atoms with E-state index >= 15 is 0 Å². The Labute approximate surface area is 162 Å². The van der Waals surface area contributed by atoms with Crippen LogP contribution >= 0.6 is 0 Å². The summed E-state index contributed by atoms with van der Waals surface area (Å²) in [4.78, 5) is 49.5. The molecule has 2 radical (unpaired) electrons. The Kier molecular flexibility index (Phi) is 104. The Hall–Kier alpha value is -3.80. The Morgan fingerprint density at radius 2 is 0.296 bits per heavy atom. The molecule has 0 spiro atoms. The van der Waals surface area contributed by atoms with Gasteiger partial charge in [-0.1, -0.05) is 0 Å². The molecular weight excluding hydrogens is 500 g/mol. The molecule has 0 unspecified atom stereocenters. The molecular formula is H2Fe2N6O19. The first-order valence-electron chi connectivity index (χ1n) is 3.29. The molecule has 0 bridgehead atoms. The Bertz CT molecular complexity index is 261. The molecule has 0 rings (SSSR count). The summed E-state index contributed by atoms with van der Waals surface area (Å²) in [6.45, 7) is 0. The summed E-state index contributed by atoms with van der Waals surface area (Å²) in [5.41, 5.74) is 0. The minimum absolute atomic E-state index is 0. The number of nitrogens with zero attached hydrogens (tertiary/aromatic N) is 6. The number of hydrogen-bond acceptors (Lipinski definition) is 18. The monoisotopic (exact) mass is 502 g/mol. The second-order valence-corrected chi connectivity index (χ2v) is 1.34. The molecule has 0 aromatic carbocycles. The summed E-state index contributed by atoms with van der Waals surface area (Å²) in [5, 5.41) is 88.5. The molecule has 0 aliphatic carbocycles. The van der Waals surface area contributed by atoms with Crippen LogP contribution in [-0.4, -0.2) is 36.0 Å². The van der Waals surface area contributed by atoms with Crippen LogP contribution in [0.3, 0.4) is 0 Å². The van der Waals surface area contributed by atoms with Crippen molar-refractivity contribution in [3.63, 3.8) is 0 Å². The molecule has 162 valence electrons. The van der Waals surface area contributed by atoms with Gasteiger partial charge in [-0.25, -0.2) is 0 Å². The zero-order chi connectivity index (χ0) is 21.5. The molecule has 0 aromatic rings. The first-order valence-corrected chi connectivity index (χ1v) is 3.29. The van der Waals surface area contributed by atoms with E-state index < -0.39 is 30.5 Å². The second kappa shape index (κ2) is 49.5. The minimum Gasteiger partial charge on any atom is -0.412 e. The quantitative estimate of drug-likeness (QED) is 0.191. The van der Waals surface area contributed by atoms with Crippen molar-refractivity contribution in [3.8, 4) is 0 Å². The van der Waals surface area contributed by atoms with E-state index in [9.17, 15) is 0 Å². The van der Waals surface area contributed by atoms with Crippen molar-refractivity contribution >= 4 is 0 Å². The van der Waals surface area contributed by atoms with Crippen LogP contribution < -0.4 is 0 Å². The van der Waals surface area contributed by atoms with E-state index in [1.165, 1.54) is 0 Å². The summed E-state index contributed by atoms with van der Waals surface area (Å²) in [6, 6.07) is 0. The van der Waals surface area contributed by atoms with Gasteiger partial charge in [0, 0.05) is 0 Å². The maximum absolute atomic E-state index is 8.25. The van der Waals surface area contributed by atoms with Gasteiger partial charge in [0.15, 0.2) is 0 Å². The normalized spacial score (nSPS) is 5.33. The third kappa shape index (κ3) is 627. The molecule has 27 heteroatoms. The molecule has 27 heavy (non-hydrogen) atoms. The fourth-order valence-corrected chi connectivity index (χ4v) is 0. The van der Waals surface area contributed by atoms with Gasteiger partial charge in [0.25, 0.3) is 0 Å². The van der Waals surface area contributed by atoms with Gasteiger partial charge < -0.3 is 97.4 Å². The largest absolute Gasteiger partial charge is 3.00 e. The van der Waals surface area contributed by atoms with Gasteiger partial charge >= 0.3 is 34.1 Å². The van der Waals surface area contributed by atoms with E-state index in [0.717, 1.165) is 0 Å². The average molecular weight is 502 g/mol. The van der Waals surface area contributed by atoms with Gasteiger partial charge in [-0.15, -0.1) is 0 Å². The van der Waals surface area contributed by atoms with Crippen LogP contribution in [-0.2, 0) is 34.1 Å². The average Bonchev–Trinajstić information content (AvgIpc) is 2.08. The smallest absolute Gasteiger partial charge is 0.412 e.